The van der Waals surface area contributed by atoms with Crippen molar-refractivity contribution in [3.63, 3.8) is 0 Å². The molecule has 4 aromatic rings. The molecule has 1 N–H and O–H groups in total. The minimum absolute atomic E-state index is 0.191. The second-order valence-electron chi connectivity index (χ2n) is 6.25. The van der Waals surface area contributed by atoms with E-state index in [1.165, 1.54) is 11.8 Å². The summed E-state index contributed by atoms with van der Waals surface area (Å²) in [6, 6.07) is 5.31. The third-order valence-corrected chi connectivity index (χ3v) is 5.41. The number of aromatic nitrogens is 2. The Morgan fingerprint density at radius 3 is 2.65 bits per heavy atom. The molecule has 0 saturated heterocycles. The highest BCUT2D eigenvalue weighted by atomic mass is 35.5. The SMILES string of the molecule is C[C@H]1c2c1c1oc2c(C(=O)Nc2cnc(Cl)c(Cl)c2)c1-c1ccncc1. The maximum atomic E-state index is 13.0. The molecule has 0 aliphatic heterocycles. The molecule has 0 fully saturated rings. The zero-order chi connectivity index (χ0) is 18.0. The molecule has 0 saturated carbocycles. The molecule has 7 heteroatoms. The number of halogens is 2. The molecule has 4 heterocycles. The summed E-state index contributed by atoms with van der Waals surface area (Å²) in [6.07, 6.45) is 4.86. The molecular weight excluding hydrogens is 373 g/mol. The Labute approximate surface area is 158 Å². The number of nitrogens with zero attached hydrogens (tertiary/aromatic N) is 2. The zero-order valence-electron chi connectivity index (χ0n) is 13.5. The average molecular weight is 384 g/mol. The van der Waals surface area contributed by atoms with Gasteiger partial charge in [0.2, 0.25) is 0 Å². The van der Waals surface area contributed by atoms with Crippen LogP contribution in [0, 0.1) is 0 Å². The number of benzene rings is 1. The first kappa shape index (κ1) is 15.6. The van der Waals surface area contributed by atoms with E-state index in [-0.39, 0.29) is 16.1 Å². The highest BCUT2D eigenvalue weighted by molar-refractivity contribution is 6.41. The fourth-order valence-corrected chi connectivity index (χ4v) is 3.75. The molecule has 0 spiro atoms. The van der Waals surface area contributed by atoms with Crippen LogP contribution < -0.4 is 5.32 Å². The van der Waals surface area contributed by atoms with Crippen LogP contribution in [-0.4, -0.2) is 15.9 Å². The Hall–Kier alpha value is -2.63. The van der Waals surface area contributed by atoms with Crippen LogP contribution in [-0.2, 0) is 0 Å². The van der Waals surface area contributed by atoms with Crippen LogP contribution in [0.4, 0.5) is 5.69 Å². The summed E-state index contributed by atoms with van der Waals surface area (Å²) in [4.78, 5) is 21.0. The summed E-state index contributed by atoms with van der Waals surface area (Å²) in [5.41, 5.74) is 6.45. The van der Waals surface area contributed by atoms with Crippen molar-refractivity contribution in [1.82, 2.24) is 9.97 Å². The molecule has 0 aromatic carbocycles. The zero-order valence-corrected chi connectivity index (χ0v) is 15.0. The first-order valence-corrected chi connectivity index (χ1v) is 8.76. The molecule has 1 atom stereocenters. The third-order valence-electron chi connectivity index (χ3n) is 4.72. The lowest BCUT2D eigenvalue weighted by atomic mass is 10.00. The molecule has 1 aliphatic rings. The van der Waals surface area contributed by atoms with Gasteiger partial charge < -0.3 is 9.73 Å². The average Bonchev–Trinajstić information content (AvgIpc) is 3.02. The molecule has 26 heavy (non-hydrogen) atoms. The number of carbonyl (C=O) groups is 1. The van der Waals surface area contributed by atoms with Crippen molar-refractivity contribution in [3.05, 3.63) is 63.7 Å². The molecule has 0 radical (unpaired) electrons. The quantitative estimate of drug-likeness (QED) is 0.484. The molecule has 1 aliphatic carbocycles. The van der Waals surface area contributed by atoms with Gasteiger partial charge in [0.1, 0.15) is 16.3 Å². The molecule has 1 amide bonds. The van der Waals surface area contributed by atoms with E-state index in [2.05, 4.69) is 22.2 Å². The van der Waals surface area contributed by atoms with Crippen molar-refractivity contribution >= 4 is 46.0 Å². The Morgan fingerprint density at radius 2 is 1.92 bits per heavy atom. The Morgan fingerprint density at radius 1 is 1.19 bits per heavy atom. The van der Waals surface area contributed by atoms with E-state index in [1.54, 1.807) is 18.5 Å². The van der Waals surface area contributed by atoms with Gasteiger partial charge in [-0.25, -0.2) is 4.98 Å². The second-order valence-corrected chi connectivity index (χ2v) is 7.01. The van der Waals surface area contributed by atoms with Crippen molar-refractivity contribution in [2.45, 2.75) is 12.8 Å². The normalized spacial score (nSPS) is 15.3. The molecule has 5 nitrogen and oxygen atoms in total. The van der Waals surface area contributed by atoms with Crippen LogP contribution in [0.15, 0.2) is 41.2 Å². The molecule has 4 aromatic heterocycles. The highest BCUT2D eigenvalue weighted by Crippen LogP contribution is 2.57. The fourth-order valence-electron chi connectivity index (χ4n) is 3.48. The smallest absolute Gasteiger partial charge is 0.260 e. The summed E-state index contributed by atoms with van der Waals surface area (Å²) in [5.74, 6) is 0.0650. The van der Waals surface area contributed by atoms with Gasteiger partial charge in [-0.05, 0) is 23.8 Å². The Kier molecular flexibility index (Phi) is 3.26. The summed E-state index contributed by atoms with van der Waals surface area (Å²) in [5, 5.41) is 3.30. The van der Waals surface area contributed by atoms with Gasteiger partial charge in [-0.15, -0.1) is 0 Å². The van der Waals surface area contributed by atoms with E-state index in [4.69, 9.17) is 27.6 Å². The molecule has 128 valence electrons. The lowest BCUT2D eigenvalue weighted by molar-refractivity contribution is 0.102. The lowest BCUT2D eigenvalue weighted by Gasteiger charge is -2.08. The molecule has 2 bridgehead atoms. The van der Waals surface area contributed by atoms with E-state index in [1.807, 2.05) is 12.1 Å². The first-order chi connectivity index (χ1) is 12.6. The molecule has 5 rings (SSSR count). The maximum Gasteiger partial charge on any atom is 0.260 e. The highest BCUT2D eigenvalue weighted by Gasteiger charge is 2.44. The largest absolute Gasteiger partial charge is 0.455 e. The fraction of sp³-hybridized carbons (Fsp3) is 0.105. The van der Waals surface area contributed by atoms with Crippen molar-refractivity contribution in [1.29, 1.82) is 0 Å². The number of carbonyl (C=O) groups excluding carboxylic acids is 1. The summed E-state index contributed by atoms with van der Waals surface area (Å²) >= 11 is 11.8. The third kappa shape index (κ3) is 2.14. The summed E-state index contributed by atoms with van der Waals surface area (Å²) in [6.45, 7) is 2.11. The summed E-state index contributed by atoms with van der Waals surface area (Å²) in [7, 11) is 0. The van der Waals surface area contributed by atoms with E-state index in [0.29, 0.717) is 22.8 Å². The van der Waals surface area contributed by atoms with Gasteiger partial charge in [0, 0.05) is 35.0 Å². The number of hydrogen-bond acceptors (Lipinski definition) is 4. The van der Waals surface area contributed by atoms with E-state index in [0.717, 1.165) is 22.3 Å². The molecule has 0 unspecified atom stereocenters. The summed E-state index contributed by atoms with van der Waals surface area (Å²) < 4.78 is 5.93. The van der Waals surface area contributed by atoms with Gasteiger partial charge in [0.15, 0.2) is 0 Å². The lowest BCUT2D eigenvalue weighted by Crippen LogP contribution is -2.13. The van der Waals surface area contributed by atoms with Crippen molar-refractivity contribution in [2.75, 3.05) is 5.32 Å². The van der Waals surface area contributed by atoms with Gasteiger partial charge in [-0.2, -0.15) is 0 Å². The van der Waals surface area contributed by atoms with Crippen LogP contribution in [0.3, 0.4) is 0 Å². The minimum Gasteiger partial charge on any atom is -0.455 e. The van der Waals surface area contributed by atoms with Crippen LogP contribution >= 0.6 is 23.2 Å². The number of fused-ring (bicyclic) bond motifs is 5. The number of nitrogens with one attached hydrogen (secondary N) is 1. The van der Waals surface area contributed by atoms with Gasteiger partial charge >= 0.3 is 0 Å². The second kappa shape index (κ2) is 5.43. The minimum atomic E-state index is -0.271. The number of amides is 1. The van der Waals surface area contributed by atoms with Gasteiger partial charge in [-0.3, -0.25) is 9.78 Å². The van der Waals surface area contributed by atoms with Crippen LogP contribution in [0.5, 0.6) is 0 Å². The maximum absolute atomic E-state index is 13.0. The number of pyridine rings is 2. The number of rotatable bonds is 3. The van der Waals surface area contributed by atoms with E-state index < -0.39 is 0 Å². The van der Waals surface area contributed by atoms with E-state index >= 15 is 0 Å². The van der Waals surface area contributed by atoms with Crippen LogP contribution in [0.1, 0.15) is 34.3 Å². The van der Waals surface area contributed by atoms with Crippen LogP contribution in [0.2, 0.25) is 10.2 Å². The van der Waals surface area contributed by atoms with Crippen molar-refractivity contribution in [2.24, 2.45) is 0 Å². The van der Waals surface area contributed by atoms with Gasteiger partial charge in [-0.1, -0.05) is 30.1 Å². The topological polar surface area (TPSA) is 68.0 Å². The number of hydrogen-bond donors (Lipinski definition) is 1. The van der Waals surface area contributed by atoms with Crippen LogP contribution in [0.25, 0.3) is 22.3 Å². The predicted octanol–water partition coefficient (Wildman–Crippen LogP) is 5.35. The van der Waals surface area contributed by atoms with Gasteiger partial charge in [0.25, 0.3) is 5.91 Å². The van der Waals surface area contributed by atoms with Crippen molar-refractivity contribution in [3.8, 4) is 11.1 Å². The Bertz CT molecular complexity index is 1170. The monoisotopic (exact) mass is 383 g/mol. The van der Waals surface area contributed by atoms with Gasteiger partial charge in [0.05, 0.1) is 22.5 Å². The number of anilines is 1. The standard InChI is InChI=1S/C19H11Cl2N3O2/c1-8-12-13(8)17-15(14(16(12)26-17)9-2-4-22-5-3-9)19(25)24-10-6-11(20)18(21)23-7-10/h2-8H,1H3,(H,24,25)/t8-/m1/s1. The number of furan rings is 2. The first-order valence-electron chi connectivity index (χ1n) is 8.00. The predicted molar refractivity (Wildman–Crippen MR) is 100 cm³/mol. The molecular formula is C19H11Cl2N3O2. The van der Waals surface area contributed by atoms with E-state index in [9.17, 15) is 4.79 Å². The Balaban J connectivity index is 1.61. The van der Waals surface area contributed by atoms with Crippen molar-refractivity contribution < 1.29 is 9.21 Å².